The molecule has 1 aliphatic rings. The Balaban J connectivity index is 1.38. The number of benzene rings is 1. The first kappa shape index (κ1) is 19.7. The summed E-state index contributed by atoms with van der Waals surface area (Å²) < 4.78 is 7.08. The van der Waals surface area contributed by atoms with Crippen LogP contribution in [0.5, 0.6) is 0 Å². The number of likely N-dealkylation sites (tertiary alicyclic amines) is 1. The molecule has 3 aromatic heterocycles. The summed E-state index contributed by atoms with van der Waals surface area (Å²) in [6, 6.07) is 13.3. The topological polar surface area (TPSA) is 75.7 Å². The summed E-state index contributed by atoms with van der Waals surface area (Å²) in [5.74, 6) is 1.20. The molecule has 7 nitrogen and oxygen atoms in total. The van der Waals surface area contributed by atoms with Crippen LogP contribution in [0.4, 0.5) is 5.82 Å². The Kier molecular flexibility index (Phi) is 5.15. The standard InChI is InChI=1S/C22H21BClN5O2/c23-16-13-25-29-20(12-18(27-21(16)29)15-4-1-2-5-17(15)24)26-14-7-9-28(10-8-14)22(30)19-6-3-11-31-19/h1-6,11-14,26H,7-10,23H2. The van der Waals surface area contributed by atoms with Crippen LogP contribution >= 0.6 is 11.6 Å². The molecule has 1 fully saturated rings. The van der Waals surface area contributed by atoms with Crippen LogP contribution in [0.15, 0.2) is 59.3 Å². The first-order valence-electron chi connectivity index (χ1n) is 10.3. The maximum absolute atomic E-state index is 12.5. The second kappa shape index (κ2) is 8.11. The molecule has 5 rings (SSSR count). The largest absolute Gasteiger partial charge is 0.459 e. The maximum Gasteiger partial charge on any atom is 0.289 e. The van der Waals surface area contributed by atoms with Crippen molar-refractivity contribution in [2.45, 2.75) is 18.9 Å². The minimum atomic E-state index is -0.0570. The molecule has 0 atom stereocenters. The molecule has 1 aliphatic heterocycles. The number of hydrogen-bond acceptors (Lipinski definition) is 5. The molecular weight excluding hydrogens is 413 g/mol. The van der Waals surface area contributed by atoms with Crippen molar-refractivity contribution in [3.8, 4) is 11.3 Å². The molecule has 0 bridgehead atoms. The van der Waals surface area contributed by atoms with E-state index in [0.717, 1.165) is 41.0 Å². The lowest BCUT2D eigenvalue weighted by molar-refractivity contribution is 0.0686. The van der Waals surface area contributed by atoms with Crippen LogP contribution in [0.25, 0.3) is 16.9 Å². The van der Waals surface area contributed by atoms with Gasteiger partial charge in [-0.15, -0.1) is 0 Å². The molecule has 4 heterocycles. The van der Waals surface area contributed by atoms with Crippen LogP contribution < -0.4 is 10.8 Å². The molecule has 0 saturated carbocycles. The van der Waals surface area contributed by atoms with E-state index in [1.807, 2.05) is 53.8 Å². The van der Waals surface area contributed by atoms with E-state index in [4.69, 9.17) is 21.0 Å². The summed E-state index contributed by atoms with van der Waals surface area (Å²) in [6.45, 7) is 1.34. The highest BCUT2D eigenvalue weighted by atomic mass is 35.5. The predicted octanol–water partition coefficient (Wildman–Crippen LogP) is 2.62. The average Bonchev–Trinajstić information content (AvgIpc) is 3.45. The predicted molar refractivity (Wildman–Crippen MR) is 123 cm³/mol. The number of fused-ring (bicyclic) bond motifs is 1. The van der Waals surface area contributed by atoms with E-state index in [0.29, 0.717) is 23.9 Å². The summed E-state index contributed by atoms with van der Waals surface area (Å²) in [5, 5.41) is 8.78. The Hall–Kier alpha value is -3.26. The van der Waals surface area contributed by atoms with Gasteiger partial charge >= 0.3 is 0 Å². The molecule has 1 aromatic carbocycles. The first-order valence-corrected chi connectivity index (χ1v) is 10.7. The number of nitrogens with one attached hydrogen (secondary N) is 1. The van der Waals surface area contributed by atoms with E-state index in [2.05, 4.69) is 10.4 Å². The highest BCUT2D eigenvalue weighted by Crippen LogP contribution is 2.29. The lowest BCUT2D eigenvalue weighted by atomic mass is 10.0. The van der Waals surface area contributed by atoms with Gasteiger partial charge < -0.3 is 14.6 Å². The fraction of sp³-hybridized carbons (Fsp3) is 0.227. The number of rotatable bonds is 4. The number of piperidine rings is 1. The van der Waals surface area contributed by atoms with Gasteiger partial charge in [0.2, 0.25) is 0 Å². The molecule has 1 saturated heterocycles. The third-order valence-corrected chi connectivity index (χ3v) is 5.99. The van der Waals surface area contributed by atoms with Crippen LogP contribution in [0.1, 0.15) is 23.4 Å². The van der Waals surface area contributed by atoms with E-state index < -0.39 is 0 Å². The Morgan fingerprint density at radius 3 is 2.74 bits per heavy atom. The van der Waals surface area contributed by atoms with Crippen LogP contribution in [0, 0.1) is 0 Å². The van der Waals surface area contributed by atoms with Crippen molar-refractivity contribution in [1.29, 1.82) is 0 Å². The third-order valence-electron chi connectivity index (χ3n) is 5.66. The number of furan rings is 1. The Morgan fingerprint density at radius 1 is 1.19 bits per heavy atom. The van der Waals surface area contributed by atoms with Gasteiger partial charge in [-0.1, -0.05) is 29.8 Å². The molecule has 0 unspecified atom stereocenters. The number of carbonyl (C=O) groups is 1. The minimum Gasteiger partial charge on any atom is -0.459 e. The number of anilines is 1. The SMILES string of the molecule is Bc1cnn2c(NC3CCN(C(=O)c4ccco4)CC3)cc(-c3ccccc3Cl)nc12. The van der Waals surface area contributed by atoms with Gasteiger partial charge in [0.25, 0.3) is 5.91 Å². The first-order chi connectivity index (χ1) is 15.1. The van der Waals surface area contributed by atoms with Crippen molar-refractivity contribution >= 4 is 42.3 Å². The van der Waals surface area contributed by atoms with E-state index in [1.54, 1.807) is 12.1 Å². The van der Waals surface area contributed by atoms with E-state index >= 15 is 0 Å². The van der Waals surface area contributed by atoms with Crippen molar-refractivity contribution in [3.05, 3.63) is 65.7 Å². The molecule has 31 heavy (non-hydrogen) atoms. The highest BCUT2D eigenvalue weighted by molar-refractivity contribution is 6.36. The van der Waals surface area contributed by atoms with Gasteiger partial charge in [-0.25, -0.2) is 4.98 Å². The third kappa shape index (κ3) is 3.79. The zero-order valence-corrected chi connectivity index (χ0v) is 17.8. The van der Waals surface area contributed by atoms with Crippen LogP contribution in [0.3, 0.4) is 0 Å². The summed E-state index contributed by atoms with van der Waals surface area (Å²) in [5.41, 5.74) is 3.48. The quantitative estimate of drug-likeness (QED) is 0.501. The molecular formula is C22H21BClN5O2. The van der Waals surface area contributed by atoms with Gasteiger partial charge in [0, 0.05) is 42.0 Å². The summed E-state index contributed by atoms with van der Waals surface area (Å²) in [6.07, 6.45) is 5.00. The molecule has 156 valence electrons. The molecule has 1 N–H and O–H groups in total. The summed E-state index contributed by atoms with van der Waals surface area (Å²) >= 11 is 6.43. The van der Waals surface area contributed by atoms with Gasteiger partial charge in [0.05, 0.1) is 12.0 Å². The molecule has 4 aromatic rings. The Labute approximate surface area is 185 Å². The van der Waals surface area contributed by atoms with Gasteiger partial charge in [-0.3, -0.25) is 4.79 Å². The van der Waals surface area contributed by atoms with Crippen molar-refractivity contribution in [1.82, 2.24) is 19.5 Å². The minimum absolute atomic E-state index is 0.0570. The fourth-order valence-electron chi connectivity index (χ4n) is 3.97. The number of halogens is 1. The van der Waals surface area contributed by atoms with Crippen LogP contribution in [-0.2, 0) is 0 Å². The number of aromatic nitrogens is 3. The van der Waals surface area contributed by atoms with Crippen molar-refractivity contribution in [3.63, 3.8) is 0 Å². The summed E-state index contributed by atoms with van der Waals surface area (Å²) in [4.78, 5) is 19.1. The monoisotopic (exact) mass is 433 g/mol. The molecule has 9 heteroatoms. The van der Waals surface area contributed by atoms with Crippen LogP contribution in [0.2, 0.25) is 5.02 Å². The zero-order chi connectivity index (χ0) is 21.4. The van der Waals surface area contributed by atoms with Gasteiger partial charge in [-0.2, -0.15) is 9.61 Å². The molecule has 1 amide bonds. The number of carbonyl (C=O) groups excluding carboxylic acids is 1. The summed E-state index contributed by atoms with van der Waals surface area (Å²) in [7, 11) is 1.99. The second-order valence-electron chi connectivity index (χ2n) is 7.76. The van der Waals surface area contributed by atoms with Crippen molar-refractivity contribution < 1.29 is 9.21 Å². The van der Waals surface area contributed by atoms with Gasteiger partial charge in [-0.05, 0) is 36.5 Å². The average molecular weight is 434 g/mol. The van der Waals surface area contributed by atoms with E-state index in [9.17, 15) is 4.79 Å². The molecule has 0 spiro atoms. The van der Waals surface area contributed by atoms with E-state index in [1.165, 1.54) is 6.26 Å². The van der Waals surface area contributed by atoms with Crippen molar-refractivity contribution in [2.24, 2.45) is 0 Å². The molecule has 0 aliphatic carbocycles. The van der Waals surface area contributed by atoms with Crippen LogP contribution in [-0.4, -0.2) is 52.4 Å². The lowest BCUT2D eigenvalue weighted by Gasteiger charge is -2.32. The lowest BCUT2D eigenvalue weighted by Crippen LogP contribution is -2.42. The maximum atomic E-state index is 12.5. The number of hydrogen-bond donors (Lipinski definition) is 1. The fourth-order valence-corrected chi connectivity index (χ4v) is 4.21. The highest BCUT2D eigenvalue weighted by Gasteiger charge is 2.25. The Morgan fingerprint density at radius 2 is 2.00 bits per heavy atom. The Bertz CT molecular complexity index is 1230. The zero-order valence-electron chi connectivity index (χ0n) is 17.1. The number of nitrogens with zero attached hydrogens (tertiary/aromatic N) is 4. The number of amides is 1. The smallest absolute Gasteiger partial charge is 0.289 e. The van der Waals surface area contributed by atoms with Gasteiger partial charge in [0.15, 0.2) is 11.4 Å². The van der Waals surface area contributed by atoms with E-state index in [-0.39, 0.29) is 11.9 Å². The second-order valence-corrected chi connectivity index (χ2v) is 8.16. The van der Waals surface area contributed by atoms with Crippen molar-refractivity contribution in [2.75, 3.05) is 18.4 Å². The normalized spacial score (nSPS) is 14.8. The molecule has 0 radical (unpaired) electrons. The van der Waals surface area contributed by atoms with Gasteiger partial charge in [0.1, 0.15) is 13.7 Å².